The molecule has 1 aromatic heterocycles. The summed E-state index contributed by atoms with van der Waals surface area (Å²) in [5.41, 5.74) is 1.22. The molecule has 0 amide bonds. The van der Waals surface area contributed by atoms with Crippen LogP contribution in [0.3, 0.4) is 0 Å². The molecule has 0 fully saturated rings. The van der Waals surface area contributed by atoms with Gasteiger partial charge in [0.25, 0.3) is 0 Å². The average Bonchev–Trinajstić information content (AvgIpc) is 3.09. The number of nitrogens with one attached hydrogen (secondary N) is 2. The summed E-state index contributed by atoms with van der Waals surface area (Å²) in [6.07, 6.45) is 2.64. The Morgan fingerprint density at radius 3 is 2.69 bits per heavy atom. The highest BCUT2D eigenvalue weighted by molar-refractivity contribution is 5.79. The van der Waals surface area contributed by atoms with E-state index in [1.807, 2.05) is 31.2 Å². The minimum atomic E-state index is -0.00212. The zero-order chi connectivity index (χ0) is 18.8. The smallest absolute Gasteiger partial charge is 0.191 e. The first kappa shape index (κ1) is 19.8. The van der Waals surface area contributed by atoms with Crippen molar-refractivity contribution >= 4 is 5.96 Å². The lowest BCUT2D eigenvalue weighted by atomic mass is 10.2. The monoisotopic (exact) mass is 358 g/mol. The largest absolute Gasteiger partial charge is 0.489 e. The molecule has 0 saturated heterocycles. The number of aryl methyl sites for hydroxylation is 2. The Morgan fingerprint density at radius 2 is 2.00 bits per heavy atom. The first-order valence-electron chi connectivity index (χ1n) is 9.24. The number of aliphatic imine (C=N–C) groups is 1. The fourth-order valence-electron chi connectivity index (χ4n) is 2.48. The third-order valence-electron chi connectivity index (χ3n) is 3.87. The average molecular weight is 358 g/mol. The van der Waals surface area contributed by atoms with Gasteiger partial charge in [0.2, 0.25) is 0 Å². The van der Waals surface area contributed by atoms with Gasteiger partial charge in [-0.25, -0.2) is 4.99 Å². The maximum atomic E-state index is 5.91. The number of benzene rings is 1. The summed E-state index contributed by atoms with van der Waals surface area (Å²) in [4.78, 5) is 4.62. The Hall–Kier alpha value is -2.57. The van der Waals surface area contributed by atoms with Crippen LogP contribution in [0.15, 0.2) is 35.6 Å². The van der Waals surface area contributed by atoms with E-state index in [0.717, 1.165) is 43.6 Å². The molecule has 2 rings (SSSR count). The molecule has 0 radical (unpaired) electrons. The Balaban J connectivity index is 1.82. The first-order chi connectivity index (χ1) is 12.6. The molecule has 142 valence electrons. The van der Waals surface area contributed by atoms with Gasteiger partial charge in [0.05, 0.1) is 6.54 Å². The number of aromatic nitrogens is 3. The van der Waals surface area contributed by atoms with Crippen LogP contribution >= 0.6 is 0 Å². The van der Waals surface area contributed by atoms with Gasteiger partial charge in [0, 0.05) is 26.1 Å². The first-order valence-corrected chi connectivity index (χ1v) is 9.24. The van der Waals surface area contributed by atoms with Gasteiger partial charge < -0.3 is 19.9 Å². The van der Waals surface area contributed by atoms with Crippen molar-refractivity contribution < 1.29 is 4.74 Å². The second-order valence-corrected chi connectivity index (χ2v) is 6.18. The number of ether oxygens (including phenoxy) is 1. The SMILES string of the molecule is CCNC(=NCC(C)Oc1ccc(C)cc1)NCCn1cnnc1CC. The highest BCUT2D eigenvalue weighted by atomic mass is 16.5. The van der Waals surface area contributed by atoms with Crippen LogP contribution in [-0.2, 0) is 13.0 Å². The highest BCUT2D eigenvalue weighted by Crippen LogP contribution is 2.13. The molecule has 1 aromatic carbocycles. The molecule has 0 spiro atoms. The lowest BCUT2D eigenvalue weighted by molar-refractivity contribution is 0.230. The number of nitrogens with zero attached hydrogens (tertiary/aromatic N) is 4. The van der Waals surface area contributed by atoms with Gasteiger partial charge in [0.15, 0.2) is 5.96 Å². The minimum absolute atomic E-state index is 0.00212. The van der Waals surface area contributed by atoms with Crippen LogP contribution in [-0.4, -0.2) is 46.5 Å². The van der Waals surface area contributed by atoms with Crippen molar-refractivity contribution in [2.75, 3.05) is 19.6 Å². The molecule has 0 aliphatic rings. The van der Waals surface area contributed by atoms with E-state index in [1.165, 1.54) is 5.56 Å². The third kappa shape index (κ3) is 6.38. The number of rotatable bonds is 9. The van der Waals surface area contributed by atoms with Crippen LogP contribution in [0, 0.1) is 6.92 Å². The lowest BCUT2D eigenvalue weighted by Gasteiger charge is -2.15. The number of hydrogen-bond donors (Lipinski definition) is 2. The Kier molecular flexibility index (Phi) is 7.92. The number of guanidine groups is 1. The molecule has 1 unspecified atom stereocenters. The predicted molar refractivity (Wildman–Crippen MR) is 105 cm³/mol. The molecule has 0 aliphatic carbocycles. The van der Waals surface area contributed by atoms with E-state index in [-0.39, 0.29) is 6.10 Å². The van der Waals surface area contributed by atoms with Gasteiger partial charge in [-0.1, -0.05) is 24.6 Å². The summed E-state index contributed by atoms with van der Waals surface area (Å²) in [7, 11) is 0. The number of hydrogen-bond acceptors (Lipinski definition) is 4. The van der Waals surface area contributed by atoms with E-state index in [4.69, 9.17) is 4.74 Å². The van der Waals surface area contributed by atoms with E-state index in [2.05, 4.69) is 51.2 Å². The normalized spacial score (nSPS) is 12.7. The second kappa shape index (κ2) is 10.4. The van der Waals surface area contributed by atoms with Crippen LogP contribution in [0.25, 0.3) is 0 Å². The summed E-state index contributed by atoms with van der Waals surface area (Å²) < 4.78 is 7.96. The van der Waals surface area contributed by atoms with Crippen LogP contribution < -0.4 is 15.4 Å². The van der Waals surface area contributed by atoms with Crippen molar-refractivity contribution in [3.63, 3.8) is 0 Å². The van der Waals surface area contributed by atoms with Crippen LogP contribution in [0.1, 0.15) is 32.2 Å². The zero-order valence-corrected chi connectivity index (χ0v) is 16.2. The zero-order valence-electron chi connectivity index (χ0n) is 16.2. The van der Waals surface area contributed by atoms with Crippen molar-refractivity contribution in [3.8, 4) is 5.75 Å². The van der Waals surface area contributed by atoms with Crippen molar-refractivity contribution in [3.05, 3.63) is 42.0 Å². The molecule has 2 N–H and O–H groups in total. The van der Waals surface area contributed by atoms with Crippen molar-refractivity contribution in [2.24, 2.45) is 4.99 Å². The molecule has 26 heavy (non-hydrogen) atoms. The maximum Gasteiger partial charge on any atom is 0.191 e. The van der Waals surface area contributed by atoms with Crippen LogP contribution in [0.2, 0.25) is 0 Å². The molecule has 0 bridgehead atoms. The summed E-state index contributed by atoms with van der Waals surface area (Å²) in [6.45, 7) is 11.2. The predicted octanol–water partition coefficient (Wildman–Crippen LogP) is 2.17. The van der Waals surface area contributed by atoms with Gasteiger partial charge in [-0.05, 0) is 32.9 Å². The van der Waals surface area contributed by atoms with Gasteiger partial charge in [-0.3, -0.25) is 0 Å². The van der Waals surface area contributed by atoms with Crippen LogP contribution in [0.5, 0.6) is 5.75 Å². The molecular formula is C19H30N6O. The van der Waals surface area contributed by atoms with Crippen molar-refractivity contribution in [1.82, 2.24) is 25.4 Å². The van der Waals surface area contributed by atoms with Crippen LogP contribution in [0.4, 0.5) is 0 Å². The molecular weight excluding hydrogens is 328 g/mol. The molecule has 1 heterocycles. The molecule has 7 nitrogen and oxygen atoms in total. The third-order valence-corrected chi connectivity index (χ3v) is 3.87. The van der Waals surface area contributed by atoms with Gasteiger partial charge in [-0.15, -0.1) is 10.2 Å². The van der Waals surface area contributed by atoms with E-state index in [1.54, 1.807) is 6.33 Å². The van der Waals surface area contributed by atoms with Crippen molar-refractivity contribution in [1.29, 1.82) is 0 Å². The molecule has 0 saturated carbocycles. The molecule has 7 heteroatoms. The summed E-state index contributed by atoms with van der Waals surface area (Å²) >= 11 is 0. The van der Waals surface area contributed by atoms with E-state index >= 15 is 0 Å². The quantitative estimate of drug-likeness (QED) is 0.531. The van der Waals surface area contributed by atoms with Crippen molar-refractivity contribution in [2.45, 2.75) is 46.8 Å². The van der Waals surface area contributed by atoms with E-state index in [9.17, 15) is 0 Å². The van der Waals surface area contributed by atoms with E-state index in [0.29, 0.717) is 6.54 Å². The Labute approximate surface area is 155 Å². The minimum Gasteiger partial charge on any atom is -0.489 e. The Morgan fingerprint density at radius 1 is 1.23 bits per heavy atom. The fraction of sp³-hybridized carbons (Fsp3) is 0.526. The van der Waals surface area contributed by atoms with Gasteiger partial charge >= 0.3 is 0 Å². The Bertz CT molecular complexity index is 680. The van der Waals surface area contributed by atoms with Gasteiger partial charge in [0.1, 0.15) is 24.0 Å². The maximum absolute atomic E-state index is 5.91. The topological polar surface area (TPSA) is 76.4 Å². The fourth-order valence-corrected chi connectivity index (χ4v) is 2.48. The molecule has 1 atom stereocenters. The summed E-state index contributed by atoms with van der Waals surface area (Å²) in [5, 5.41) is 14.7. The second-order valence-electron chi connectivity index (χ2n) is 6.18. The lowest BCUT2D eigenvalue weighted by Crippen LogP contribution is -2.39. The standard InChI is InChI=1S/C19H30N6O/c1-5-18-24-23-14-25(18)12-11-21-19(20-6-2)22-13-16(4)26-17-9-7-15(3)8-10-17/h7-10,14,16H,5-6,11-13H2,1-4H3,(H2,20,21,22). The van der Waals surface area contributed by atoms with Gasteiger partial charge in [-0.2, -0.15) is 0 Å². The molecule has 0 aliphatic heterocycles. The summed E-state index contributed by atoms with van der Waals surface area (Å²) in [5.74, 6) is 2.66. The summed E-state index contributed by atoms with van der Waals surface area (Å²) in [6, 6.07) is 8.08. The molecule has 2 aromatic rings. The van der Waals surface area contributed by atoms with E-state index < -0.39 is 0 Å². The highest BCUT2D eigenvalue weighted by Gasteiger charge is 2.05.